The van der Waals surface area contributed by atoms with Gasteiger partial charge in [0, 0.05) is 32.7 Å². The first kappa shape index (κ1) is 38.3. The van der Waals surface area contributed by atoms with Crippen molar-refractivity contribution in [1.82, 2.24) is 19.8 Å². The zero-order chi connectivity index (χ0) is 31.4. The molecule has 0 aromatic heterocycles. The fourth-order valence-electron chi connectivity index (χ4n) is 4.28. The van der Waals surface area contributed by atoms with Crippen molar-refractivity contribution in [2.24, 2.45) is 5.92 Å². The van der Waals surface area contributed by atoms with E-state index in [1.54, 1.807) is 25.9 Å². The predicted molar refractivity (Wildman–Crippen MR) is 162 cm³/mol. The Labute approximate surface area is 247 Å². The Morgan fingerprint density at radius 3 is 2.10 bits per heavy atom. The van der Waals surface area contributed by atoms with Crippen LogP contribution >= 0.6 is 0 Å². The number of aldehydes is 2. The second-order valence-electron chi connectivity index (χ2n) is 11.4. The van der Waals surface area contributed by atoms with Crippen LogP contribution in [0, 0.1) is 5.92 Å². The maximum absolute atomic E-state index is 12.7. The van der Waals surface area contributed by atoms with Crippen LogP contribution in [0.3, 0.4) is 0 Å². The third-order valence-electron chi connectivity index (χ3n) is 6.27. The van der Waals surface area contributed by atoms with Crippen LogP contribution in [0.5, 0.6) is 0 Å². The second-order valence-corrected chi connectivity index (χ2v) is 11.4. The van der Waals surface area contributed by atoms with Crippen molar-refractivity contribution in [2.75, 3.05) is 47.4 Å². The highest BCUT2D eigenvalue weighted by atomic mass is 16.7. The van der Waals surface area contributed by atoms with Crippen molar-refractivity contribution < 1.29 is 28.8 Å². The molecular weight excluding hydrogens is 524 g/mol. The standard InChI is InChI=1S/C17H30N4O4.C8H10O.C4H10.C2H4O/c1-17(2)16(24)20(8-5-11-22)15(21(13-23)25-17)12-19(4)14-6-9-18(3)10-7-14;1-9-7-8-5-3-2-4-6-8;1-4(2)3;1-2-3/h11,13-15H,5-10,12H2,1-4H3;2-6H,7H2,1H3;4H,1-3H3;2H,1H3. The molecule has 2 aliphatic heterocycles. The Kier molecular flexibility index (Phi) is 19.7. The summed E-state index contributed by atoms with van der Waals surface area (Å²) in [4.78, 5) is 55.6. The first-order chi connectivity index (χ1) is 19.4. The second kappa shape index (κ2) is 21.1. The minimum Gasteiger partial charge on any atom is -0.380 e. The van der Waals surface area contributed by atoms with Gasteiger partial charge in [-0.15, -0.1) is 0 Å². The Hall–Kier alpha value is -2.66. The molecule has 0 radical (unpaired) electrons. The normalized spacial score (nSPS) is 18.8. The molecule has 10 nitrogen and oxygen atoms in total. The molecule has 2 fully saturated rings. The molecular formula is C31H54N4O6. The SMILES string of the molecule is CC(C)C.CC=O.CN1CCC(N(C)CC2N(C=O)OC(C)(C)C(=O)N2CCC=O)CC1.COCc1ccccc1. The smallest absolute Gasteiger partial charge is 0.258 e. The zero-order valence-electron chi connectivity index (χ0n) is 26.7. The van der Waals surface area contributed by atoms with Crippen LogP contribution in [0.4, 0.5) is 0 Å². The first-order valence-electron chi connectivity index (χ1n) is 14.4. The van der Waals surface area contributed by atoms with Gasteiger partial charge >= 0.3 is 0 Å². The van der Waals surface area contributed by atoms with Gasteiger partial charge in [-0.3, -0.25) is 19.3 Å². The minimum absolute atomic E-state index is 0.200. The molecule has 0 N–H and O–H groups in total. The van der Waals surface area contributed by atoms with E-state index in [0.717, 1.165) is 44.4 Å². The molecule has 1 atom stereocenters. The number of amides is 2. The summed E-state index contributed by atoms with van der Waals surface area (Å²) in [5.74, 6) is 0.634. The molecule has 41 heavy (non-hydrogen) atoms. The molecule has 10 heteroatoms. The van der Waals surface area contributed by atoms with Crippen LogP contribution < -0.4 is 0 Å². The molecule has 0 aliphatic carbocycles. The van der Waals surface area contributed by atoms with E-state index < -0.39 is 11.8 Å². The molecule has 0 bridgehead atoms. The maximum atomic E-state index is 12.7. The topological polar surface area (TPSA) is 99.7 Å². The van der Waals surface area contributed by atoms with Gasteiger partial charge in [0.25, 0.3) is 5.91 Å². The Morgan fingerprint density at radius 1 is 1.10 bits per heavy atom. The van der Waals surface area contributed by atoms with E-state index in [4.69, 9.17) is 14.4 Å². The van der Waals surface area contributed by atoms with E-state index in [9.17, 15) is 14.4 Å². The van der Waals surface area contributed by atoms with Crippen molar-refractivity contribution in [1.29, 1.82) is 0 Å². The summed E-state index contributed by atoms with van der Waals surface area (Å²) in [6, 6.07) is 10.5. The zero-order valence-corrected chi connectivity index (χ0v) is 26.7. The number of hydroxylamine groups is 2. The number of likely N-dealkylation sites (N-methyl/N-ethyl adjacent to an activating group) is 1. The van der Waals surface area contributed by atoms with Crippen molar-refractivity contribution in [3.63, 3.8) is 0 Å². The quantitative estimate of drug-likeness (QED) is 0.410. The first-order valence-corrected chi connectivity index (χ1v) is 14.4. The number of hydrogen-bond donors (Lipinski definition) is 0. The molecule has 2 amide bonds. The molecule has 0 saturated carbocycles. The number of ether oxygens (including phenoxy) is 1. The Morgan fingerprint density at radius 2 is 1.63 bits per heavy atom. The number of piperidine rings is 1. The fourth-order valence-corrected chi connectivity index (χ4v) is 4.28. The predicted octanol–water partition coefficient (Wildman–Crippen LogP) is 3.64. The molecule has 1 aromatic rings. The van der Waals surface area contributed by atoms with Gasteiger partial charge in [-0.05, 0) is 72.3 Å². The van der Waals surface area contributed by atoms with Gasteiger partial charge in [0.05, 0.1) is 6.61 Å². The third kappa shape index (κ3) is 15.2. The number of carbonyl (C=O) groups excluding carboxylic acids is 4. The number of hydrogen-bond acceptors (Lipinski definition) is 8. The lowest BCUT2D eigenvalue weighted by atomic mass is 10.0. The average Bonchev–Trinajstić information content (AvgIpc) is 2.92. The number of methoxy groups -OCH3 is 1. The summed E-state index contributed by atoms with van der Waals surface area (Å²) in [6.07, 6.45) is 3.98. The Balaban J connectivity index is 0.000000816. The van der Waals surface area contributed by atoms with Gasteiger partial charge < -0.3 is 24.1 Å². The molecule has 0 spiro atoms. The van der Waals surface area contributed by atoms with Gasteiger partial charge in [0.15, 0.2) is 5.60 Å². The molecule has 2 heterocycles. The molecule has 3 rings (SSSR count). The van der Waals surface area contributed by atoms with E-state index in [1.165, 1.54) is 17.6 Å². The third-order valence-corrected chi connectivity index (χ3v) is 6.27. The summed E-state index contributed by atoms with van der Waals surface area (Å²) in [7, 11) is 5.83. The van der Waals surface area contributed by atoms with Crippen molar-refractivity contribution in [2.45, 2.75) is 85.2 Å². The number of rotatable bonds is 9. The van der Waals surface area contributed by atoms with Crippen LogP contribution in [0.1, 0.15) is 66.4 Å². The average molecular weight is 579 g/mol. The van der Waals surface area contributed by atoms with Crippen molar-refractivity contribution in [3.8, 4) is 0 Å². The van der Waals surface area contributed by atoms with Gasteiger partial charge in [-0.1, -0.05) is 51.1 Å². The number of benzene rings is 1. The Bertz CT molecular complexity index is 857. The van der Waals surface area contributed by atoms with E-state index in [2.05, 4.69) is 37.6 Å². The van der Waals surface area contributed by atoms with Gasteiger partial charge in [0.2, 0.25) is 6.41 Å². The molecule has 1 unspecified atom stereocenters. The largest absolute Gasteiger partial charge is 0.380 e. The maximum Gasteiger partial charge on any atom is 0.258 e. The van der Waals surface area contributed by atoms with Crippen LogP contribution in [-0.2, 0) is 35.4 Å². The number of likely N-dealkylation sites (tertiary alicyclic amines) is 1. The van der Waals surface area contributed by atoms with Gasteiger partial charge in [-0.2, -0.15) is 5.06 Å². The molecule has 2 aliphatic rings. The van der Waals surface area contributed by atoms with Crippen molar-refractivity contribution >= 4 is 24.9 Å². The van der Waals surface area contributed by atoms with E-state index in [0.29, 0.717) is 25.6 Å². The highest BCUT2D eigenvalue weighted by Gasteiger charge is 2.46. The molecule has 2 saturated heterocycles. The lowest BCUT2D eigenvalue weighted by Crippen LogP contribution is -2.67. The van der Waals surface area contributed by atoms with Crippen LogP contribution in [-0.4, -0.2) is 110 Å². The lowest BCUT2D eigenvalue weighted by molar-refractivity contribution is -0.282. The van der Waals surface area contributed by atoms with Crippen LogP contribution in [0.15, 0.2) is 30.3 Å². The monoisotopic (exact) mass is 578 g/mol. The van der Waals surface area contributed by atoms with Crippen LogP contribution in [0.25, 0.3) is 0 Å². The summed E-state index contributed by atoms with van der Waals surface area (Å²) in [5.41, 5.74) is 0.104. The fraction of sp³-hybridized carbons (Fsp3) is 0.677. The molecule has 234 valence electrons. The highest BCUT2D eigenvalue weighted by molar-refractivity contribution is 5.85. The number of carbonyl (C=O) groups is 4. The number of nitrogens with zero attached hydrogens (tertiary/aromatic N) is 4. The molecule has 1 aromatic carbocycles. The van der Waals surface area contributed by atoms with E-state index in [1.807, 2.05) is 37.4 Å². The summed E-state index contributed by atoms with van der Waals surface area (Å²) in [5, 5.41) is 1.22. The van der Waals surface area contributed by atoms with Crippen LogP contribution in [0.2, 0.25) is 0 Å². The van der Waals surface area contributed by atoms with Gasteiger partial charge in [-0.25, -0.2) is 0 Å². The summed E-state index contributed by atoms with van der Waals surface area (Å²) >= 11 is 0. The van der Waals surface area contributed by atoms with E-state index in [-0.39, 0.29) is 18.9 Å². The lowest BCUT2D eigenvalue weighted by Gasteiger charge is -2.49. The van der Waals surface area contributed by atoms with Crippen molar-refractivity contribution in [3.05, 3.63) is 35.9 Å². The van der Waals surface area contributed by atoms with Gasteiger partial charge in [0.1, 0.15) is 18.7 Å². The minimum atomic E-state index is -1.12. The van der Waals surface area contributed by atoms with E-state index >= 15 is 0 Å². The summed E-state index contributed by atoms with van der Waals surface area (Å²) < 4.78 is 4.93. The summed E-state index contributed by atoms with van der Waals surface area (Å²) in [6.45, 7) is 14.8. The highest BCUT2D eigenvalue weighted by Crippen LogP contribution is 2.27.